The maximum atomic E-state index is 4.51. The van der Waals surface area contributed by atoms with Crippen LogP contribution in [0.15, 0.2) is 36.7 Å². The van der Waals surface area contributed by atoms with Gasteiger partial charge >= 0.3 is 0 Å². The van der Waals surface area contributed by atoms with Gasteiger partial charge in [-0.3, -0.25) is 4.98 Å². The molecule has 0 unspecified atom stereocenters. The highest BCUT2D eigenvalue weighted by Gasteiger charge is 2.20. The predicted octanol–water partition coefficient (Wildman–Crippen LogP) is 1.79. The first-order valence-corrected chi connectivity index (χ1v) is 5.88. The topological polar surface area (TPSA) is 50.7 Å². The Balaban J connectivity index is 1.78. The van der Waals surface area contributed by atoms with Crippen molar-refractivity contribution >= 4 is 0 Å². The van der Waals surface area contributed by atoms with Gasteiger partial charge in [-0.15, -0.1) is 0 Å². The second-order valence-electron chi connectivity index (χ2n) is 4.23. The van der Waals surface area contributed by atoms with E-state index >= 15 is 0 Å². The van der Waals surface area contributed by atoms with Gasteiger partial charge in [-0.05, 0) is 31.0 Å². The van der Waals surface area contributed by atoms with E-state index in [0.29, 0.717) is 6.04 Å². The molecule has 1 fully saturated rings. The van der Waals surface area contributed by atoms with Gasteiger partial charge in [0.15, 0.2) is 0 Å². The van der Waals surface area contributed by atoms with Crippen molar-refractivity contribution in [2.45, 2.75) is 25.4 Å². The van der Waals surface area contributed by atoms with Crippen LogP contribution in [0.25, 0.3) is 11.4 Å². The van der Waals surface area contributed by atoms with Gasteiger partial charge in [0.25, 0.3) is 0 Å². The van der Waals surface area contributed by atoms with E-state index in [-0.39, 0.29) is 0 Å². The second kappa shape index (κ2) is 4.59. The molecule has 2 aromatic rings. The molecule has 0 spiro atoms. The van der Waals surface area contributed by atoms with Gasteiger partial charge in [0.2, 0.25) is 0 Å². The number of pyridine rings is 1. The first-order valence-electron chi connectivity index (χ1n) is 5.88. The Morgan fingerprint density at radius 1 is 1.06 bits per heavy atom. The monoisotopic (exact) mass is 226 g/mol. The van der Waals surface area contributed by atoms with Crippen molar-refractivity contribution in [1.82, 2.24) is 20.3 Å². The van der Waals surface area contributed by atoms with E-state index in [4.69, 9.17) is 0 Å². The van der Waals surface area contributed by atoms with Crippen LogP contribution >= 0.6 is 0 Å². The molecule has 2 aromatic heterocycles. The van der Waals surface area contributed by atoms with Gasteiger partial charge < -0.3 is 5.32 Å². The summed E-state index contributed by atoms with van der Waals surface area (Å²) in [5.41, 5.74) is 1.77. The summed E-state index contributed by atoms with van der Waals surface area (Å²) in [5, 5.41) is 3.41. The van der Waals surface area contributed by atoms with Crippen molar-refractivity contribution in [3.05, 3.63) is 42.5 Å². The lowest BCUT2D eigenvalue weighted by Gasteiger charge is -2.04. The minimum atomic E-state index is 0.678. The van der Waals surface area contributed by atoms with E-state index < -0.39 is 0 Å². The van der Waals surface area contributed by atoms with Crippen LogP contribution in [0.5, 0.6) is 0 Å². The lowest BCUT2D eigenvalue weighted by Crippen LogP contribution is -2.17. The molecule has 0 radical (unpaired) electrons. The highest BCUT2D eigenvalue weighted by Crippen LogP contribution is 2.19. The molecular weight excluding hydrogens is 212 g/mol. The largest absolute Gasteiger partial charge is 0.307 e. The standard InChI is InChI=1S/C13H14N4/c1-2-7-14-11(3-1)12-6-8-15-13(17-12)9-16-10-4-5-10/h1-3,6-8,10,16H,4-5,9H2. The average molecular weight is 226 g/mol. The number of rotatable bonds is 4. The Hall–Kier alpha value is -1.81. The second-order valence-corrected chi connectivity index (χ2v) is 4.23. The Labute approximate surface area is 100 Å². The zero-order chi connectivity index (χ0) is 11.5. The minimum Gasteiger partial charge on any atom is -0.307 e. The molecule has 4 heteroatoms. The third kappa shape index (κ3) is 2.65. The molecule has 0 atom stereocenters. The molecule has 0 aliphatic heterocycles. The minimum absolute atomic E-state index is 0.678. The first-order chi connectivity index (χ1) is 8.42. The molecule has 86 valence electrons. The Morgan fingerprint density at radius 3 is 2.76 bits per heavy atom. The number of hydrogen-bond donors (Lipinski definition) is 1. The number of hydrogen-bond acceptors (Lipinski definition) is 4. The van der Waals surface area contributed by atoms with E-state index in [9.17, 15) is 0 Å². The van der Waals surface area contributed by atoms with E-state index in [0.717, 1.165) is 23.8 Å². The molecule has 17 heavy (non-hydrogen) atoms. The predicted molar refractivity (Wildman–Crippen MR) is 65.1 cm³/mol. The van der Waals surface area contributed by atoms with E-state index in [1.807, 2.05) is 24.3 Å². The molecule has 0 amide bonds. The average Bonchev–Trinajstić information content (AvgIpc) is 3.22. The Bertz CT molecular complexity index is 494. The van der Waals surface area contributed by atoms with Crippen LogP contribution in [-0.4, -0.2) is 21.0 Å². The van der Waals surface area contributed by atoms with Gasteiger partial charge in [0.1, 0.15) is 5.82 Å². The van der Waals surface area contributed by atoms with Crippen molar-refractivity contribution in [3.8, 4) is 11.4 Å². The van der Waals surface area contributed by atoms with Crippen LogP contribution in [0, 0.1) is 0 Å². The zero-order valence-corrected chi connectivity index (χ0v) is 9.50. The molecule has 1 N–H and O–H groups in total. The molecule has 1 saturated carbocycles. The van der Waals surface area contributed by atoms with Gasteiger partial charge in [-0.2, -0.15) is 0 Å². The van der Waals surface area contributed by atoms with Crippen molar-refractivity contribution in [1.29, 1.82) is 0 Å². The fraction of sp³-hybridized carbons (Fsp3) is 0.308. The van der Waals surface area contributed by atoms with E-state index in [1.54, 1.807) is 12.4 Å². The summed E-state index contributed by atoms with van der Waals surface area (Å²) in [5.74, 6) is 0.833. The molecule has 4 nitrogen and oxygen atoms in total. The van der Waals surface area contributed by atoms with Gasteiger partial charge in [-0.1, -0.05) is 6.07 Å². The highest BCUT2D eigenvalue weighted by molar-refractivity contribution is 5.52. The Morgan fingerprint density at radius 2 is 2.00 bits per heavy atom. The maximum Gasteiger partial charge on any atom is 0.142 e. The molecule has 0 bridgehead atoms. The summed E-state index contributed by atoms with van der Waals surface area (Å²) < 4.78 is 0. The summed E-state index contributed by atoms with van der Waals surface area (Å²) in [4.78, 5) is 13.1. The van der Waals surface area contributed by atoms with Gasteiger partial charge in [0.05, 0.1) is 17.9 Å². The maximum absolute atomic E-state index is 4.51. The highest BCUT2D eigenvalue weighted by atomic mass is 15.0. The number of aromatic nitrogens is 3. The zero-order valence-electron chi connectivity index (χ0n) is 9.50. The third-order valence-electron chi connectivity index (χ3n) is 2.76. The molecule has 0 aromatic carbocycles. The molecule has 3 rings (SSSR count). The normalized spacial score (nSPS) is 14.8. The molecule has 1 aliphatic rings. The number of nitrogens with zero attached hydrogens (tertiary/aromatic N) is 3. The van der Waals surface area contributed by atoms with Gasteiger partial charge in [0, 0.05) is 18.4 Å². The molecular formula is C13H14N4. The van der Waals surface area contributed by atoms with Crippen LogP contribution in [-0.2, 0) is 6.54 Å². The lowest BCUT2D eigenvalue weighted by atomic mass is 10.2. The first kappa shape index (κ1) is 10.4. The van der Waals surface area contributed by atoms with Crippen molar-refractivity contribution in [3.63, 3.8) is 0 Å². The van der Waals surface area contributed by atoms with Gasteiger partial charge in [-0.25, -0.2) is 9.97 Å². The summed E-state index contributed by atoms with van der Waals surface area (Å²) >= 11 is 0. The van der Waals surface area contributed by atoms with Crippen LogP contribution in [0.2, 0.25) is 0 Å². The van der Waals surface area contributed by atoms with Crippen LogP contribution < -0.4 is 5.32 Å². The van der Waals surface area contributed by atoms with Crippen molar-refractivity contribution < 1.29 is 0 Å². The number of nitrogens with one attached hydrogen (secondary N) is 1. The smallest absolute Gasteiger partial charge is 0.142 e. The Kier molecular flexibility index (Phi) is 2.80. The lowest BCUT2D eigenvalue weighted by molar-refractivity contribution is 0.658. The molecule has 2 heterocycles. The molecule has 1 aliphatic carbocycles. The fourth-order valence-corrected chi connectivity index (χ4v) is 1.66. The summed E-state index contributed by atoms with van der Waals surface area (Å²) in [6, 6.07) is 8.40. The van der Waals surface area contributed by atoms with Crippen LogP contribution in [0.1, 0.15) is 18.7 Å². The van der Waals surface area contributed by atoms with Crippen LogP contribution in [0.4, 0.5) is 0 Å². The van der Waals surface area contributed by atoms with Crippen molar-refractivity contribution in [2.75, 3.05) is 0 Å². The summed E-state index contributed by atoms with van der Waals surface area (Å²) in [7, 11) is 0. The van der Waals surface area contributed by atoms with E-state index in [1.165, 1.54) is 12.8 Å². The van der Waals surface area contributed by atoms with E-state index in [2.05, 4.69) is 20.3 Å². The van der Waals surface area contributed by atoms with Crippen LogP contribution in [0.3, 0.4) is 0 Å². The summed E-state index contributed by atoms with van der Waals surface area (Å²) in [6.45, 7) is 0.741. The SMILES string of the molecule is c1ccc(-c2ccnc(CNC3CC3)n2)nc1. The molecule has 0 saturated heterocycles. The summed E-state index contributed by atoms with van der Waals surface area (Å²) in [6.07, 6.45) is 6.13. The van der Waals surface area contributed by atoms with Crippen molar-refractivity contribution in [2.24, 2.45) is 0 Å². The quantitative estimate of drug-likeness (QED) is 0.863. The fourth-order valence-electron chi connectivity index (χ4n) is 1.66. The third-order valence-corrected chi connectivity index (χ3v) is 2.76.